The SMILES string of the molecule is CCS(=O)(=O)c1ccc(CC(=O)Nc2ccc(Br)cc2)cc1. The van der Waals surface area contributed by atoms with E-state index in [1.54, 1.807) is 43.3 Å². The van der Waals surface area contributed by atoms with Crippen molar-refractivity contribution in [3.05, 3.63) is 58.6 Å². The van der Waals surface area contributed by atoms with E-state index < -0.39 is 9.84 Å². The van der Waals surface area contributed by atoms with Crippen molar-refractivity contribution in [1.29, 1.82) is 0 Å². The van der Waals surface area contributed by atoms with E-state index in [1.807, 2.05) is 12.1 Å². The van der Waals surface area contributed by atoms with Crippen LogP contribution in [0, 0.1) is 0 Å². The second-order valence-corrected chi connectivity index (χ2v) is 7.97. The van der Waals surface area contributed by atoms with Gasteiger partial charge in [-0.05, 0) is 42.0 Å². The molecule has 0 fully saturated rings. The van der Waals surface area contributed by atoms with E-state index in [4.69, 9.17) is 0 Å². The second-order valence-electron chi connectivity index (χ2n) is 4.78. The Labute approximate surface area is 138 Å². The lowest BCUT2D eigenvalue weighted by Gasteiger charge is -2.06. The molecule has 0 radical (unpaired) electrons. The lowest BCUT2D eigenvalue weighted by atomic mass is 10.1. The zero-order valence-electron chi connectivity index (χ0n) is 12.0. The number of carbonyl (C=O) groups excluding carboxylic acids is 1. The van der Waals surface area contributed by atoms with Crippen LogP contribution in [0.15, 0.2) is 57.9 Å². The van der Waals surface area contributed by atoms with Crippen LogP contribution in [0.1, 0.15) is 12.5 Å². The van der Waals surface area contributed by atoms with E-state index >= 15 is 0 Å². The van der Waals surface area contributed by atoms with Crippen LogP contribution >= 0.6 is 15.9 Å². The van der Waals surface area contributed by atoms with E-state index in [9.17, 15) is 13.2 Å². The zero-order valence-corrected chi connectivity index (χ0v) is 14.4. The number of nitrogens with one attached hydrogen (secondary N) is 1. The monoisotopic (exact) mass is 381 g/mol. The average Bonchev–Trinajstić information content (AvgIpc) is 2.50. The molecular formula is C16H16BrNO3S. The molecule has 2 aromatic carbocycles. The Morgan fingerprint density at radius 3 is 2.18 bits per heavy atom. The largest absolute Gasteiger partial charge is 0.326 e. The molecular weight excluding hydrogens is 366 g/mol. The minimum Gasteiger partial charge on any atom is -0.326 e. The minimum atomic E-state index is -3.20. The maximum absolute atomic E-state index is 12.0. The van der Waals surface area contributed by atoms with Crippen molar-refractivity contribution in [3.63, 3.8) is 0 Å². The molecule has 2 rings (SSSR count). The van der Waals surface area contributed by atoms with Gasteiger partial charge in [-0.3, -0.25) is 4.79 Å². The van der Waals surface area contributed by atoms with Gasteiger partial charge in [0.15, 0.2) is 9.84 Å². The Bertz CT molecular complexity index is 753. The van der Waals surface area contributed by atoms with Gasteiger partial charge in [-0.1, -0.05) is 35.0 Å². The van der Waals surface area contributed by atoms with Gasteiger partial charge >= 0.3 is 0 Å². The first-order valence-corrected chi connectivity index (χ1v) is 9.22. The van der Waals surface area contributed by atoms with Crippen LogP contribution in [0.2, 0.25) is 0 Å². The summed E-state index contributed by atoms with van der Waals surface area (Å²) in [6.07, 6.45) is 0.197. The number of amides is 1. The van der Waals surface area contributed by atoms with E-state index in [0.29, 0.717) is 0 Å². The average molecular weight is 382 g/mol. The van der Waals surface area contributed by atoms with Crippen LogP contribution in [0.5, 0.6) is 0 Å². The molecule has 0 aromatic heterocycles. The molecule has 22 heavy (non-hydrogen) atoms. The summed E-state index contributed by atoms with van der Waals surface area (Å²) in [4.78, 5) is 12.2. The Kier molecular flexibility index (Phi) is 5.37. The molecule has 0 saturated heterocycles. The highest BCUT2D eigenvalue weighted by atomic mass is 79.9. The maximum atomic E-state index is 12.0. The van der Waals surface area contributed by atoms with Gasteiger partial charge in [-0.25, -0.2) is 8.42 Å². The highest BCUT2D eigenvalue weighted by Crippen LogP contribution is 2.15. The van der Waals surface area contributed by atoms with Crippen LogP contribution in [-0.4, -0.2) is 20.1 Å². The van der Waals surface area contributed by atoms with Gasteiger partial charge in [0.05, 0.1) is 17.1 Å². The second kappa shape index (κ2) is 7.07. The fraction of sp³-hybridized carbons (Fsp3) is 0.188. The van der Waals surface area contributed by atoms with Crippen molar-refractivity contribution in [2.24, 2.45) is 0 Å². The summed E-state index contributed by atoms with van der Waals surface area (Å²) in [5, 5.41) is 2.80. The molecule has 4 nitrogen and oxygen atoms in total. The van der Waals surface area contributed by atoms with Crippen molar-refractivity contribution in [3.8, 4) is 0 Å². The van der Waals surface area contributed by atoms with Crippen molar-refractivity contribution < 1.29 is 13.2 Å². The fourth-order valence-corrected chi connectivity index (χ4v) is 3.05. The molecule has 0 aliphatic carbocycles. The van der Waals surface area contributed by atoms with Crippen LogP contribution in [-0.2, 0) is 21.1 Å². The number of carbonyl (C=O) groups is 1. The number of hydrogen-bond donors (Lipinski definition) is 1. The van der Waals surface area contributed by atoms with Crippen LogP contribution in [0.25, 0.3) is 0 Å². The molecule has 0 heterocycles. The molecule has 1 N–H and O–H groups in total. The minimum absolute atomic E-state index is 0.0659. The molecule has 2 aromatic rings. The van der Waals surface area contributed by atoms with Crippen molar-refractivity contribution in [2.75, 3.05) is 11.1 Å². The molecule has 0 atom stereocenters. The van der Waals surface area contributed by atoms with Gasteiger partial charge in [0, 0.05) is 10.2 Å². The van der Waals surface area contributed by atoms with Crippen molar-refractivity contribution in [2.45, 2.75) is 18.2 Å². The molecule has 0 bridgehead atoms. The Morgan fingerprint density at radius 2 is 1.64 bits per heavy atom. The van der Waals surface area contributed by atoms with Crippen molar-refractivity contribution >= 4 is 37.4 Å². The first kappa shape index (κ1) is 16.7. The molecule has 116 valence electrons. The molecule has 0 aliphatic rings. The third-order valence-corrected chi connectivity index (χ3v) is 5.43. The smallest absolute Gasteiger partial charge is 0.228 e. The summed E-state index contributed by atoms with van der Waals surface area (Å²) < 4.78 is 24.4. The summed E-state index contributed by atoms with van der Waals surface area (Å²) in [6, 6.07) is 13.7. The normalized spacial score (nSPS) is 11.2. The number of halogens is 1. The maximum Gasteiger partial charge on any atom is 0.228 e. The lowest BCUT2D eigenvalue weighted by molar-refractivity contribution is -0.115. The number of rotatable bonds is 5. The molecule has 6 heteroatoms. The first-order valence-electron chi connectivity index (χ1n) is 6.78. The van der Waals surface area contributed by atoms with Gasteiger partial charge in [0.25, 0.3) is 0 Å². The third-order valence-electron chi connectivity index (χ3n) is 3.16. The standard InChI is InChI=1S/C16H16BrNO3S/c1-2-22(20,21)15-9-3-12(4-10-15)11-16(19)18-14-7-5-13(17)6-8-14/h3-10H,2,11H2,1H3,(H,18,19). The van der Waals surface area contributed by atoms with Gasteiger partial charge in [-0.15, -0.1) is 0 Å². The fourth-order valence-electron chi connectivity index (χ4n) is 1.91. The number of sulfone groups is 1. The van der Waals surface area contributed by atoms with Gasteiger partial charge in [0.2, 0.25) is 5.91 Å². The molecule has 1 amide bonds. The van der Waals surface area contributed by atoms with Gasteiger partial charge in [0.1, 0.15) is 0 Å². The first-order chi connectivity index (χ1) is 10.4. The Balaban J connectivity index is 2.01. The molecule has 0 saturated carbocycles. The van der Waals surface area contributed by atoms with Crippen LogP contribution < -0.4 is 5.32 Å². The Morgan fingerprint density at radius 1 is 1.05 bits per heavy atom. The number of anilines is 1. The van der Waals surface area contributed by atoms with Gasteiger partial charge in [-0.2, -0.15) is 0 Å². The molecule has 0 unspecified atom stereocenters. The van der Waals surface area contributed by atoms with Crippen LogP contribution in [0.4, 0.5) is 5.69 Å². The van der Waals surface area contributed by atoms with Crippen molar-refractivity contribution in [1.82, 2.24) is 0 Å². The predicted molar refractivity (Wildman–Crippen MR) is 90.6 cm³/mol. The molecule has 0 aliphatic heterocycles. The highest BCUT2D eigenvalue weighted by Gasteiger charge is 2.11. The topological polar surface area (TPSA) is 63.2 Å². The molecule has 0 spiro atoms. The van der Waals surface area contributed by atoms with E-state index in [1.165, 1.54) is 0 Å². The van der Waals surface area contributed by atoms with Crippen LogP contribution in [0.3, 0.4) is 0 Å². The Hall–Kier alpha value is -1.66. The van der Waals surface area contributed by atoms with E-state index in [-0.39, 0.29) is 23.0 Å². The summed E-state index contributed by atoms with van der Waals surface area (Å²) in [7, 11) is -3.20. The summed E-state index contributed by atoms with van der Waals surface area (Å²) in [5.41, 5.74) is 1.49. The summed E-state index contributed by atoms with van der Waals surface area (Å²) >= 11 is 3.33. The zero-order chi connectivity index (χ0) is 16.2. The summed E-state index contributed by atoms with van der Waals surface area (Å²) in [6.45, 7) is 1.61. The predicted octanol–water partition coefficient (Wildman–Crippen LogP) is 3.42. The third kappa shape index (κ3) is 4.42. The van der Waals surface area contributed by atoms with Gasteiger partial charge < -0.3 is 5.32 Å². The summed E-state index contributed by atoms with van der Waals surface area (Å²) in [5.74, 6) is -0.0791. The quantitative estimate of drug-likeness (QED) is 0.862. The number of hydrogen-bond acceptors (Lipinski definition) is 3. The van der Waals surface area contributed by atoms with E-state index in [2.05, 4.69) is 21.2 Å². The lowest BCUT2D eigenvalue weighted by Crippen LogP contribution is -2.14. The highest BCUT2D eigenvalue weighted by molar-refractivity contribution is 9.10. The van der Waals surface area contributed by atoms with E-state index in [0.717, 1.165) is 15.7 Å². The number of benzene rings is 2.